The Morgan fingerprint density at radius 1 is 1.14 bits per heavy atom. The van der Waals surface area contributed by atoms with Gasteiger partial charge in [-0.15, -0.1) is 0 Å². The number of fused-ring (bicyclic) bond motifs is 1. The van der Waals surface area contributed by atoms with Gasteiger partial charge in [0.2, 0.25) is 5.28 Å². The van der Waals surface area contributed by atoms with Crippen LogP contribution < -0.4 is 5.32 Å². The summed E-state index contributed by atoms with van der Waals surface area (Å²) in [6, 6.07) is 13.7. The number of hydrogen-bond donors (Lipinski definition) is 1. The van der Waals surface area contributed by atoms with Crippen LogP contribution in [-0.4, -0.2) is 20.6 Å². The third kappa shape index (κ3) is 4.94. The van der Waals surface area contributed by atoms with Gasteiger partial charge in [0.1, 0.15) is 11.0 Å². The van der Waals surface area contributed by atoms with Crippen LogP contribution in [0.3, 0.4) is 0 Å². The molecule has 0 spiro atoms. The van der Waals surface area contributed by atoms with E-state index in [2.05, 4.69) is 55.4 Å². The van der Waals surface area contributed by atoms with Crippen molar-refractivity contribution in [1.82, 2.24) is 14.5 Å². The van der Waals surface area contributed by atoms with Gasteiger partial charge in [-0.05, 0) is 96.1 Å². The van der Waals surface area contributed by atoms with Crippen molar-refractivity contribution in [2.45, 2.75) is 51.9 Å². The molecule has 0 radical (unpaired) electrons. The topological polar surface area (TPSA) is 42.7 Å². The monoisotopic (exact) mass is 624 g/mol. The fourth-order valence-corrected chi connectivity index (χ4v) is 5.92. The molecule has 1 saturated carbocycles. The molecule has 2 aromatic carbocycles. The molecule has 2 aromatic heterocycles. The zero-order chi connectivity index (χ0) is 25.6. The molecule has 1 unspecified atom stereocenters. The Morgan fingerprint density at radius 3 is 2.47 bits per heavy atom. The van der Waals surface area contributed by atoms with Gasteiger partial charge in [-0.3, -0.25) is 0 Å². The highest BCUT2D eigenvalue weighted by Gasteiger charge is 2.30. The van der Waals surface area contributed by atoms with Crippen molar-refractivity contribution in [3.63, 3.8) is 0 Å². The standard InChI is InChI=1S/C27H25ClF3IN4/c1-15-5-3-8-19(13-15)23-21(32)22-24(25(35-26(28)34-22)33-16(2)18-6-4-7-18)36(23)14-17-9-11-20(12-10-17)27(29,30)31/h3,5,8-13,16,18H,4,6-7,14H2,1-2H3,(H,33,34,35). The molecule has 188 valence electrons. The molecule has 0 aliphatic heterocycles. The Labute approximate surface area is 226 Å². The first kappa shape index (κ1) is 25.3. The molecule has 5 rings (SSSR count). The highest BCUT2D eigenvalue weighted by molar-refractivity contribution is 14.1. The van der Waals surface area contributed by atoms with E-state index in [9.17, 15) is 13.2 Å². The van der Waals surface area contributed by atoms with Crippen molar-refractivity contribution < 1.29 is 13.2 Å². The molecule has 1 fully saturated rings. The lowest BCUT2D eigenvalue weighted by Crippen LogP contribution is -2.31. The largest absolute Gasteiger partial charge is 0.416 e. The molecule has 1 atom stereocenters. The van der Waals surface area contributed by atoms with Crippen LogP contribution in [0.1, 0.15) is 42.9 Å². The summed E-state index contributed by atoms with van der Waals surface area (Å²) in [7, 11) is 0. The average Bonchev–Trinajstić information content (AvgIpc) is 3.03. The second-order valence-corrected chi connectivity index (χ2v) is 10.9. The third-order valence-corrected chi connectivity index (χ3v) is 8.14. The Kier molecular flexibility index (Phi) is 6.93. The van der Waals surface area contributed by atoms with Gasteiger partial charge < -0.3 is 9.88 Å². The van der Waals surface area contributed by atoms with Crippen LogP contribution in [0.25, 0.3) is 22.3 Å². The maximum Gasteiger partial charge on any atom is 0.416 e. The van der Waals surface area contributed by atoms with Crippen molar-refractivity contribution >= 4 is 51.0 Å². The maximum absolute atomic E-state index is 13.1. The zero-order valence-corrected chi connectivity index (χ0v) is 22.7. The van der Waals surface area contributed by atoms with Crippen LogP contribution in [0.15, 0.2) is 48.5 Å². The minimum atomic E-state index is -4.37. The van der Waals surface area contributed by atoms with Gasteiger partial charge in [-0.2, -0.15) is 18.2 Å². The molecule has 4 nitrogen and oxygen atoms in total. The quantitative estimate of drug-likeness (QED) is 0.173. The van der Waals surface area contributed by atoms with E-state index in [1.807, 2.05) is 25.1 Å². The van der Waals surface area contributed by atoms with Crippen LogP contribution >= 0.6 is 34.2 Å². The van der Waals surface area contributed by atoms with Crippen molar-refractivity contribution in [2.75, 3.05) is 5.32 Å². The van der Waals surface area contributed by atoms with E-state index in [4.69, 9.17) is 11.6 Å². The fraction of sp³-hybridized carbons (Fsp3) is 0.333. The molecular weight excluding hydrogens is 600 g/mol. The van der Waals surface area contributed by atoms with E-state index >= 15 is 0 Å². The number of anilines is 1. The summed E-state index contributed by atoms with van der Waals surface area (Å²) in [5.74, 6) is 1.22. The van der Waals surface area contributed by atoms with Gasteiger partial charge in [0.25, 0.3) is 0 Å². The van der Waals surface area contributed by atoms with Crippen molar-refractivity contribution in [3.8, 4) is 11.3 Å². The SMILES string of the molecule is Cc1cccc(-c2c(I)c3nc(Cl)nc(NC(C)C4CCC4)c3n2Cc2ccc(C(F)(F)F)cc2)c1. The summed E-state index contributed by atoms with van der Waals surface area (Å²) < 4.78 is 42.5. The fourth-order valence-electron chi connectivity index (χ4n) is 4.77. The minimum Gasteiger partial charge on any atom is -0.365 e. The van der Waals surface area contributed by atoms with Gasteiger partial charge in [-0.25, -0.2) is 4.98 Å². The van der Waals surface area contributed by atoms with E-state index < -0.39 is 11.7 Å². The number of aryl methyl sites for hydroxylation is 1. The van der Waals surface area contributed by atoms with Crippen molar-refractivity contribution in [2.24, 2.45) is 5.92 Å². The molecule has 1 N–H and O–H groups in total. The molecule has 1 aliphatic carbocycles. The number of alkyl halides is 3. The minimum absolute atomic E-state index is 0.159. The lowest BCUT2D eigenvalue weighted by molar-refractivity contribution is -0.137. The van der Waals surface area contributed by atoms with Crippen molar-refractivity contribution in [1.29, 1.82) is 0 Å². The second-order valence-electron chi connectivity index (χ2n) is 9.48. The molecule has 4 aromatic rings. The summed E-state index contributed by atoms with van der Waals surface area (Å²) in [4.78, 5) is 9.14. The van der Waals surface area contributed by atoms with Gasteiger partial charge >= 0.3 is 6.18 Å². The highest BCUT2D eigenvalue weighted by Crippen LogP contribution is 2.39. The lowest BCUT2D eigenvalue weighted by Gasteiger charge is -2.32. The number of aromatic nitrogens is 3. The molecule has 1 aliphatic rings. The number of hydrogen-bond acceptors (Lipinski definition) is 3. The van der Waals surface area contributed by atoms with Crippen LogP contribution in [0.4, 0.5) is 19.0 Å². The lowest BCUT2D eigenvalue weighted by atomic mass is 9.80. The summed E-state index contributed by atoms with van der Waals surface area (Å²) in [5, 5.41) is 3.74. The molecular formula is C27H25ClF3IN4. The summed E-state index contributed by atoms with van der Waals surface area (Å²) in [6.07, 6.45) is -0.792. The Bertz CT molecular complexity index is 1410. The average molecular weight is 625 g/mol. The highest BCUT2D eigenvalue weighted by atomic mass is 127. The second kappa shape index (κ2) is 9.85. The van der Waals surface area contributed by atoms with E-state index in [-0.39, 0.29) is 11.3 Å². The Hall–Kier alpha value is -2.33. The number of benzene rings is 2. The normalized spacial score (nSPS) is 15.2. The summed E-state index contributed by atoms with van der Waals surface area (Å²) >= 11 is 8.66. The maximum atomic E-state index is 13.1. The Balaban J connectivity index is 1.68. The van der Waals surface area contributed by atoms with Crippen LogP contribution in [0, 0.1) is 16.4 Å². The van der Waals surface area contributed by atoms with Gasteiger partial charge in [-0.1, -0.05) is 42.3 Å². The van der Waals surface area contributed by atoms with E-state index in [1.54, 1.807) is 0 Å². The predicted octanol–water partition coefficient (Wildman–Crippen LogP) is 8.33. The van der Waals surface area contributed by atoms with E-state index in [0.29, 0.717) is 18.3 Å². The van der Waals surface area contributed by atoms with Crippen molar-refractivity contribution in [3.05, 3.63) is 74.1 Å². The predicted molar refractivity (Wildman–Crippen MR) is 146 cm³/mol. The number of nitrogens with zero attached hydrogens (tertiary/aromatic N) is 3. The first-order chi connectivity index (χ1) is 17.1. The van der Waals surface area contributed by atoms with Gasteiger partial charge in [0, 0.05) is 12.6 Å². The van der Waals surface area contributed by atoms with Gasteiger partial charge in [0.15, 0.2) is 5.82 Å². The molecule has 0 amide bonds. The number of nitrogens with one attached hydrogen (secondary N) is 1. The van der Waals surface area contributed by atoms with Crippen LogP contribution in [0.5, 0.6) is 0 Å². The summed E-state index contributed by atoms with van der Waals surface area (Å²) in [5.41, 5.74) is 4.65. The number of rotatable bonds is 6. The zero-order valence-electron chi connectivity index (χ0n) is 19.8. The molecule has 36 heavy (non-hydrogen) atoms. The molecule has 0 saturated heterocycles. The molecule has 2 heterocycles. The summed E-state index contributed by atoms with van der Waals surface area (Å²) in [6.45, 7) is 4.54. The van der Waals surface area contributed by atoms with Gasteiger partial charge in [0.05, 0.1) is 14.8 Å². The van der Waals surface area contributed by atoms with Crippen LogP contribution in [0.2, 0.25) is 5.28 Å². The first-order valence-electron chi connectivity index (χ1n) is 11.9. The Morgan fingerprint density at radius 2 is 1.86 bits per heavy atom. The number of halogens is 5. The molecule has 0 bridgehead atoms. The smallest absolute Gasteiger partial charge is 0.365 e. The van der Waals surface area contributed by atoms with E-state index in [0.717, 1.165) is 49.1 Å². The molecule has 9 heteroatoms. The van der Waals surface area contributed by atoms with E-state index in [1.165, 1.54) is 31.4 Å². The first-order valence-corrected chi connectivity index (χ1v) is 13.3. The third-order valence-electron chi connectivity index (χ3n) is 6.95. The van der Waals surface area contributed by atoms with Crippen LogP contribution in [-0.2, 0) is 12.7 Å².